The predicted octanol–water partition coefficient (Wildman–Crippen LogP) is 1.07. The molecule has 0 saturated carbocycles. The summed E-state index contributed by atoms with van der Waals surface area (Å²) in [7, 11) is 0. The van der Waals surface area contributed by atoms with Crippen molar-refractivity contribution in [3.8, 4) is 0 Å². The lowest BCUT2D eigenvalue weighted by Gasteiger charge is -2.09. The van der Waals surface area contributed by atoms with Crippen LogP contribution in [0.2, 0.25) is 0 Å². The van der Waals surface area contributed by atoms with Gasteiger partial charge in [0.2, 0.25) is 5.91 Å². The standard InChI is InChI=1S/C10H15NO2/c1-5-6-11-10(13)8(4)9(12)7(2)3/h5,8H,1-2,6H2,3-4H3,(H,11,13). The van der Waals surface area contributed by atoms with Crippen LogP contribution in [0, 0.1) is 5.92 Å². The molecule has 0 aromatic rings. The molecule has 0 aliphatic carbocycles. The summed E-state index contributed by atoms with van der Waals surface area (Å²) in [6.07, 6.45) is 1.57. The van der Waals surface area contributed by atoms with Gasteiger partial charge in [-0.15, -0.1) is 6.58 Å². The highest BCUT2D eigenvalue weighted by Gasteiger charge is 2.20. The molecular weight excluding hydrogens is 166 g/mol. The lowest BCUT2D eigenvalue weighted by molar-refractivity contribution is -0.131. The number of hydrogen-bond acceptors (Lipinski definition) is 2. The monoisotopic (exact) mass is 181 g/mol. The van der Waals surface area contributed by atoms with Crippen LogP contribution in [0.5, 0.6) is 0 Å². The lowest BCUT2D eigenvalue weighted by Crippen LogP contribution is -2.33. The van der Waals surface area contributed by atoms with E-state index in [1.165, 1.54) is 0 Å². The summed E-state index contributed by atoms with van der Waals surface area (Å²) in [4.78, 5) is 22.5. The maximum Gasteiger partial charge on any atom is 0.230 e. The van der Waals surface area contributed by atoms with Crippen molar-refractivity contribution in [2.75, 3.05) is 6.54 Å². The Kier molecular flexibility index (Phi) is 4.74. The fourth-order valence-electron chi connectivity index (χ4n) is 0.815. The molecule has 0 aliphatic rings. The number of rotatable bonds is 5. The minimum absolute atomic E-state index is 0.221. The molecule has 0 spiro atoms. The summed E-state index contributed by atoms with van der Waals surface area (Å²) in [5, 5.41) is 2.55. The first-order valence-corrected chi connectivity index (χ1v) is 4.09. The van der Waals surface area contributed by atoms with Crippen LogP contribution in [0.4, 0.5) is 0 Å². The number of allylic oxidation sites excluding steroid dienone is 1. The molecular formula is C10H15NO2. The van der Waals surface area contributed by atoms with Crippen molar-refractivity contribution >= 4 is 11.7 Å². The van der Waals surface area contributed by atoms with E-state index in [0.717, 1.165) is 0 Å². The topological polar surface area (TPSA) is 46.2 Å². The second-order valence-electron chi connectivity index (χ2n) is 2.90. The Hall–Kier alpha value is -1.38. The molecule has 3 nitrogen and oxygen atoms in total. The molecule has 0 rings (SSSR count). The van der Waals surface area contributed by atoms with Crippen LogP contribution in [0.3, 0.4) is 0 Å². The van der Waals surface area contributed by atoms with E-state index >= 15 is 0 Å². The number of nitrogens with one attached hydrogen (secondary N) is 1. The van der Waals surface area contributed by atoms with E-state index in [9.17, 15) is 9.59 Å². The predicted molar refractivity (Wildman–Crippen MR) is 52.2 cm³/mol. The number of carbonyl (C=O) groups excluding carboxylic acids is 2. The number of amides is 1. The van der Waals surface area contributed by atoms with Gasteiger partial charge >= 0.3 is 0 Å². The van der Waals surface area contributed by atoms with Crippen LogP contribution >= 0.6 is 0 Å². The number of Topliss-reactive ketones (excluding diaryl/α,β-unsaturated/α-hetero) is 1. The summed E-state index contributed by atoms with van der Waals surface area (Å²) in [5.41, 5.74) is 0.404. The van der Waals surface area contributed by atoms with Crippen molar-refractivity contribution in [3.05, 3.63) is 24.8 Å². The Morgan fingerprint density at radius 3 is 2.46 bits per heavy atom. The third-order valence-corrected chi connectivity index (χ3v) is 1.63. The molecule has 0 radical (unpaired) electrons. The maximum absolute atomic E-state index is 11.3. The number of carbonyl (C=O) groups is 2. The largest absolute Gasteiger partial charge is 0.352 e. The second kappa shape index (κ2) is 5.30. The van der Waals surface area contributed by atoms with Gasteiger partial charge in [0.25, 0.3) is 0 Å². The van der Waals surface area contributed by atoms with Gasteiger partial charge in [-0.1, -0.05) is 12.7 Å². The van der Waals surface area contributed by atoms with Gasteiger partial charge in [0.1, 0.15) is 0 Å². The molecule has 0 aliphatic heterocycles. The van der Waals surface area contributed by atoms with Gasteiger partial charge in [-0.3, -0.25) is 9.59 Å². The zero-order valence-electron chi connectivity index (χ0n) is 8.09. The van der Waals surface area contributed by atoms with Crippen LogP contribution in [-0.2, 0) is 9.59 Å². The highest BCUT2D eigenvalue weighted by molar-refractivity contribution is 6.08. The average molecular weight is 181 g/mol. The molecule has 0 aromatic carbocycles. The molecule has 72 valence electrons. The molecule has 0 aromatic heterocycles. The molecule has 0 saturated heterocycles. The van der Waals surface area contributed by atoms with Crippen LogP contribution in [0.25, 0.3) is 0 Å². The zero-order chi connectivity index (χ0) is 10.4. The van der Waals surface area contributed by atoms with Gasteiger partial charge in [-0.25, -0.2) is 0 Å². The van der Waals surface area contributed by atoms with Crippen LogP contribution in [-0.4, -0.2) is 18.2 Å². The van der Waals surface area contributed by atoms with E-state index in [2.05, 4.69) is 18.5 Å². The quantitative estimate of drug-likeness (QED) is 0.392. The van der Waals surface area contributed by atoms with Crippen LogP contribution < -0.4 is 5.32 Å². The van der Waals surface area contributed by atoms with E-state index < -0.39 is 5.92 Å². The first-order chi connectivity index (χ1) is 6.00. The molecule has 0 heterocycles. The van der Waals surface area contributed by atoms with Gasteiger partial charge in [-0.2, -0.15) is 0 Å². The summed E-state index contributed by atoms with van der Waals surface area (Å²) < 4.78 is 0. The Morgan fingerprint density at radius 2 is 2.08 bits per heavy atom. The van der Waals surface area contributed by atoms with Crippen LogP contribution in [0.1, 0.15) is 13.8 Å². The van der Waals surface area contributed by atoms with Gasteiger partial charge < -0.3 is 5.32 Å². The fraction of sp³-hybridized carbons (Fsp3) is 0.400. The minimum atomic E-state index is -0.655. The Balaban J connectivity index is 4.17. The SMILES string of the molecule is C=CCNC(=O)C(C)C(=O)C(=C)C. The normalized spacial score (nSPS) is 11.5. The first-order valence-electron chi connectivity index (χ1n) is 4.09. The first kappa shape index (κ1) is 11.6. The number of hydrogen-bond donors (Lipinski definition) is 1. The zero-order valence-corrected chi connectivity index (χ0v) is 8.09. The van der Waals surface area contributed by atoms with Gasteiger partial charge in [0, 0.05) is 6.54 Å². The molecule has 1 atom stereocenters. The molecule has 3 heteroatoms. The Bertz CT molecular complexity index is 243. The van der Waals surface area contributed by atoms with Gasteiger partial charge in [0.15, 0.2) is 5.78 Å². The summed E-state index contributed by atoms with van der Waals surface area (Å²) in [6.45, 7) is 10.5. The molecule has 1 N–H and O–H groups in total. The van der Waals surface area contributed by atoms with Crippen molar-refractivity contribution in [3.63, 3.8) is 0 Å². The van der Waals surface area contributed by atoms with E-state index in [-0.39, 0.29) is 11.7 Å². The third-order valence-electron chi connectivity index (χ3n) is 1.63. The molecule has 0 bridgehead atoms. The molecule has 1 amide bonds. The Morgan fingerprint density at radius 1 is 1.54 bits per heavy atom. The van der Waals surface area contributed by atoms with Crippen molar-refractivity contribution in [2.24, 2.45) is 5.92 Å². The maximum atomic E-state index is 11.3. The highest BCUT2D eigenvalue weighted by atomic mass is 16.2. The number of ketones is 1. The van der Waals surface area contributed by atoms with Crippen LogP contribution in [0.15, 0.2) is 24.8 Å². The lowest BCUT2D eigenvalue weighted by atomic mass is 10.0. The third kappa shape index (κ3) is 3.69. The van der Waals surface area contributed by atoms with Crippen molar-refractivity contribution in [1.82, 2.24) is 5.32 Å². The van der Waals surface area contributed by atoms with E-state index in [4.69, 9.17) is 0 Å². The minimum Gasteiger partial charge on any atom is -0.352 e. The summed E-state index contributed by atoms with van der Waals surface area (Å²) >= 11 is 0. The second-order valence-corrected chi connectivity index (χ2v) is 2.90. The van der Waals surface area contributed by atoms with Gasteiger partial charge in [0.05, 0.1) is 5.92 Å². The van der Waals surface area contributed by atoms with Crippen molar-refractivity contribution in [1.29, 1.82) is 0 Å². The smallest absolute Gasteiger partial charge is 0.230 e. The van der Waals surface area contributed by atoms with Gasteiger partial charge in [-0.05, 0) is 19.4 Å². The van der Waals surface area contributed by atoms with E-state index in [0.29, 0.717) is 12.1 Å². The highest BCUT2D eigenvalue weighted by Crippen LogP contribution is 2.03. The molecule has 1 unspecified atom stereocenters. The summed E-state index contributed by atoms with van der Waals surface area (Å²) in [5.74, 6) is -1.16. The average Bonchev–Trinajstić information content (AvgIpc) is 2.11. The summed E-state index contributed by atoms with van der Waals surface area (Å²) in [6, 6.07) is 0. The fourth-order valence-corrected chi connectivity index (χ4v) is 0.815. The van der Waals surface area contributed by atoms with Crippen molar-refractivity contribution < 1.29 is 9.59 Å². The van der Waals surface area contributed by atoms with E-state index in [1.54, 1.807) is 19.9 Å². The van der Waals surface area contributed by atoms with Crippen molar-refractivity contribution in [2.45, 2.75) is 13.8 Å². The molecule has 13 heavy (non-hydrogen) atoms. The van der Waals surface area contributed by atoms with E-state index in [1.807, 2.05) is 0 Å². The Labute approximate surface area is 78.5 Å². The molecule has 0 fully saturated rings.